The van der Waals surface area contributed by atoms with Crippen molar-refractivity contribution in [3.63, 3.8) is 0 Å². The Hall–Kier alpha value is -4.47. The molecule has 1 atom stereocenters. The Morgan fingerprint density at radius 3 is 2.30 bits per heavy atom. The zero-order chi connectivity index (χ0) is 28.4. The van der Waals surface area contributed by atoms with Crippen LogP contribution in [0.1, 0.15) is 40.4 Å². The molecule has 208 valence electrons. The minimum absolute atomic E-state index is 0.107. The first kappa shape index (κ1) is 27.1. The van der Waals surface area contributed by atoms with Crippen molar-refractivity contribution < 1.29 is 19.1 Å². The van der Waals surface area contributed by atoms with Gasteiger partial charge in [-0.25, -0.2) is 14.8 Å². The summed E-state index contributed by atoms with van der Waals surface area (Å²) < 4.78 is 5.19. The number of pyridine rings is 2. The third-order valence-corrected chi connectivity index (χ3v) is 7.48. The number of nitrogens with zero attached hydrogens (tertiary/aromatic N) is 6. The van der Waals surface area contributed by atoms with Gasteiger partial charge in [0.25, 0.3) is 11.8 Å². The fourth-order valence-corrected chi connectivity index (χ4v) is 5.32. The Labute approximate surface area is 234 Å². The molecule has 4 amide bonds. The molecule has 2 aliphatic rings. The second-order valence-corrected chi connectivity index (χ2v) is 10.2. The predicted molar refractivity (Wildman–Crippen MR) is 152 cm³/mol. The smallest absolute Gasteiger partial charge is 0.333 e. The Kier molecular flexibility index (Phi) is 7.68. The number of benzene rings is 1. The number of rotatable bonds is 7. The number of imide groups is 1. The van der Waals surface area contributed by atoms with Crippen LogP contribution in [0, 0.1) is 13.8 Å². The van der Waals surface area contributed by atoms with E-state index in [1.54, 1.807) is 31.4 Å². The minimum Gasteiger partial charge on any atom is -0.497 e. The lowest BCUT2D eigenvalue weighted by Gasteiger charge is -2.36. The lowest BCUT2D eigenvalue weighted by molar-refractivity contribution is -0.127. The Morgan fingerprint density at radius 2 is 1.70 bits per heavy atom. The minimum atomic E-state index is -0.647. The fraction of sp³-hybridized carbons (Fsp3) is 0.367. The highest BCUT2D eigenvalue weighted by atomic mass is 16.5. The molecule has 5 rings (SSSR count). The molecule has 2 aliphatic heterocycles. The van der Waals surface area contributed by atoms with E-state index in [0.717, 1.165) is 22.5 Å². The van der Waals surface area contributed by atoms with Crippen molar-refractivity contribution in [1.29, 1.82) is 0 Å². The molecule has 1 aromatic carbocycles. The maximum Gasteiger partial charge on any atom is 0.333 e. The maximum absolute atomic E-state index is 13.4. The van der Waals surface area contributed by atoms with Crippen molar-refractivity contribution >= 4 is 29.5 Å². The number of carbonyl (C=O) groups is 3. The second-order valence-electron chi connectivity index (χ2n) is 10.2. The van der Waals surface area contributed by atoms with Crippen LogP contribution in [0.15, 0.2) is 54.9 Å². The quantitative estimate of drug-likeness (QED) is 0.419. The van der Waals surface area contributed by atoms with Gasteiger partial charge in [0.1, 0.15) is 23.4 Å². The maximum atomic E-state index is 13.4. The molecule has 10 nitrogen and oxygen atoms in total. The number of carbonyl (C=O) groups excluding carboxylic acids is 3. The number of amides is 4. The first-order valence-electron chi connectivity index (χ1n) is 13.5. The van der Waals surface area contributed by atoms with Gasteiger partial charge in [0.05, 0.1) is 19.2 Å². The van der Waals surface area contributed by atoms with Crippen LogP contribution in [0.25, 0.3) is 0 Å². The lowest BCUT2D eigenvalue weighted by atomic mass is 10.1. The van der Waals surface area contributed by atoms with Gasteiger partial charge in [0.15, 0.2) is 0 Å². The summed E-state index contributed by atoms with van der Waals surface area (Å²) in [6.07, 6.45) is 3.81. The molecular formula is C30H34N6O4. The summed E-state index contributed by atoms with van der Waals surface area (Å²) in [5, 5.41) is 0. The summed E-state index contributed by atoms with van der Waals surface area (Å²) in [5.41, 5.74) is 3.52. The topological polar surface area (TPSA) is 99.2 Å². The molecule has 10 heteroatoms. The van der Waals surface area contributed by atoms with Gasteiger partial charge in [0, 0.05) is 38.6 Å². The Morgan fingerprint density at radius 1 is 0.975 bits per heavy atom. The van der Waals surface area contributed by atoms with Crippen molar-refractivity contribution in [1.82, 2.24) is 19.8 Å². The normalized spacial score (nSPS) is 17.6. The number of anilines is 2. The van der Waals surface area contributed by atoms with Crippen LogP contribution in [-0.2, 0) is 11.3 Å². The second kappa shape index (κ2) is 11.3. The molecule has 2 saturated heterocycles. The molecule has 0 radical (unpaired) electrons. The summed E-state index contributed by atoms with van der Waals surface area (Å²) in [5.74, 6) is 1.64. The first-order valence-corrected chi connectivity index (χ1v) is 13.5. The Balaban J connectivity index is 1.25. The summed E-state index contributed by atoms with van der Waals surface area (Å²) in [6.45, 7) is 8.65. The number of aryl methyl sites for hydroxylation is 2. The van der Waals surface area contributed by atoms with E-state index in [-0.39, 0.29) is 18.4 Å². The van der Waals surface area contributed by atoms with E-state index in [9.17, 15) is 14.4 Å². The summed E-state index contributed by atoms with van der Waals surface area (Å²) in [4.78, 5) is 55.5. The first-order chi connectivity index (χ1) is 19.3. The monoisotopic (exact) mass is 542 g/mol. The van der Waals surface area contributed by atoms with E-state index in [0.29, 0.717) is 49.7 Å². The zero-order valence-electron chi connectivity index (χ0n) is 23.3. The molecular weight excluding hydrogens is 508 g/mol. The largest absolute Gasteiger partial charge is 0.497 e. The van der Waals surface area contributed by atoms with E-state index < -0.39 is 12.1 Å². The van der Waals surface area contributed by atoms with Crippen LogP contribution >= 0.6 is 0 Å². The van der Waals surface area contributed by atoms with Gasteiger partial charge in [-0.1, -0.05) is 25.1 Å². The highest BCUT2D eigenvalue weighted by Gasteiger charge is 2.45. The molecule has 0 saturated carbocycles. The van der Waals surface area contributed by atoms with Crippen LogP contribution in [0.2, 0.25) is 0 Å². The van der Waals surface area contributed by atoms with Gasteiger partial charge >= 0.3 is 6.03 Å². The van der Waals surface area contributed by atoms with Gasteiger partial charge in [-0.05, 0) is 61.2 Å². The third-order valence-electron chi connectivity index (χ3n) is 7.48. The van der Waals surface area contributed by atoms with Gasteiger partial charge in [0.2, 0.25) is 0 Å². The fourth-order valence-electron chi connectivity index (χ4n) is 5.32. The van der Waals surface area contributed by atoms with E-state index in [1.807, 2.05) is 37.1 Å². The van der Waals surface area contributed by atoms with Crippen molar-refractivity contribution in [2.75, 3.05) is 43.1 Å². The third kappa shape index (κ3) is 5.21. The highest BCUT2D eigenvalue weighted by molar-refractivity contribution is 6.13. The van der Waals surface area contributed by atoms with Gasteiger partial charge in [-0.3, -0.25) is 19.4 Å². The molecule has 0 bridgehead atoms. The van der Waals surface area contributed by atoms with E-state index >= 15 is 0 Å². The molecule has 4 heterocycles. The number of piperazine rings is 1. The van der Waals surface area contributed by atoms with Crippen molar-refractivity contribution in [2.45, 2.75) is 39.8 Å². The standard InChI is InChI=1S/C30H34N6O4/c1-5-25-29(38)35(19-22-6-9-24(40-4)10-7-22)30(39)36(25)26-11-8-23(18-31-26)28(37)34-14-12-33(13-15-34)27-21(3)16-20(2)17-32-27/h6-11,16-18,25H,5,12-15,19H2,1-4H3. The van der Waals surface area contributed by atoms with Crippen molar-refractivity contribution in [3.8, 4) is 5.75 Å². The highest BCUT2D eigenvalue weighted by Crippen LogP contribution is 2.28. The predicted octanol–water partition coefficient (Wildman–Crippen LogP) is 3.81. The average molecular weight is 543 g/mol. The van der Waals surface area contributed by atoms with E-state index in [4.69, 9.17) is 4.74 Å². The number of ether oxygens (including phenoxy) is 1. The van der Waals surface area contributed by atoms with Gasteiger partial charge in [-0.2, -0.15) is 0 Å². The van der Waals surface area contributed by atoms with Crippen LogP contribution in [-0.4, -0.2) is 76.9 Å². The molecule has 0 aliphatic carbocycles. The number of urea groups is 1. The van der Waals surface area contributed by atoms with Crippen molar-refractivity contribution in [3.05, 3.63) is 77.1 Å². The molecule has 2 aromatic heterocycles. The molecule has 0 N–H and O–H groups in total. The summed E-state index contributed by atoms with van der Waals surface area (Å²) in [6, 6.07) is 11.6. The van der Waals surface area contributed by atoms with Crippen LogP contribution in [0.3, 0.4) is 0 Å². The lowest BCUT2D eigenvalue weighted by Crippen LogP contribution is -2.49. The zero-order valence-corrected chi connectivity index (χ0v) is 23.3. The molecule has 2 fully saturated rings. The van der Waals surface area contributed by atoms with E-state index in [2.05, 4.69) is 27.9 Å². The molecule has 1 unspecified atom stereocenters. The molecule has 40 heavy (non-hydrogen) atoms. The number of aromatic nitrogens is 2. The number of hydrogen-bond donors (Lipinski definition) is 0. The molecule has 3 aromatic rings. The van der Waals surface area contributed by atoms with Crippen molar-refractivity contribution in [2.24, 2.45) is 0 Å². The van der Waals surface area contributed by atoms with Gasteiger partial charge < -0.3 is 14.5 Å². The summed E-state index contributed by atoms with van der Waals surface area (Å²) in [7, 11) is 1.59. The van der Waals surface area contributed by atoms with Gasteiger partial charge in [-0.15, -0.1) is 0 Å². The van der Waals surface area contributed by atoms with Crippen LogP contribution in [0.5, 0.6) is 5.75 Å². The number of methoxy groups -OCH3 is 1. The SMILES string of the molecule is CCC1C(=O)N(Cc2ccc(OC)cc2)C(=O)N1c1ccc(C(=O)N2CCN(c3ncc(C)cc3C)CC2)cn1. The van der Waals surface area contributed by atoms with E-state index in [1.165, 1.54) is 16.0 Å². The van der Waals surface area contributed by atoms with Crippen LogP contribution in [0.4, 0.5) is 16.4 Å². The summed E-state index contributed by atoms with van der Waals surface area (Å²) >= 11 is 0. The Bertz CT molecular complexity index is 1400. The van der Waals surface area contributed by atoms with Crippen LogP contribution < -0.4 is 14.5 Å². The molecule has 0 spiro atoms. The number of hydrogen-bond acceptors (Lipinski definition) is 7. The average Bonchev–Trinajstić information content (AvgIpc) is 3.21.